The van der Waals surface area contributed by atoms with Crippen LogP contribution >= 0.6 is 11.3 Å². The van der Waals surface area contributed by atoms with Gasteiger partial charge in [0.1, 0.15) is 10.7 Å². The monoisotopic (exact) mass is 343 g/mol. The molecule has 2 aromatic rings. The van der Waals surface area contributed by atoms with Gasteiger partial charge in [-0.3, -0.25) is 4.79 Å². The van der Waals surface area contributed by atoms with Gasteiger partial charge in [-0.2, -0.15) is 13.2 Å². The van der Waals surface area contributed by atoms with Crippen molar-refractivity contribution in [3.8, 4) is 0 Å². The third-order valence-electron chi connectivity index (χ3n) is 3.87. The summed E-state index contributed by atoms with van der Waals surface area (Å²) in [6.07, 6.45) is -3.76. The number of hydrogen-bond acceptors (Lipinski definition) is 3. The van der Waals surface area contributed by atoms with E-state index in [2.05, 4.69) is 0 Å². The molecule has 1 aromatic carbocycles. The first-order valence-corrected chi connectivity index (χ1v) is 7.88. The number of ketones is 1. The van der Waals surface area contributed by atoms with Crippen molar-refractivity contribution in [1.29, 1.82) is 0 Å². The summed E-state index contributed by atoms with van der Waals surface area (Å²) >= 11 is 0.689. The van der Waals surface area contributed by atoms with Crippen LogP contribution < -0.4 is 4.90 Å². The number of carbonyl (C=O) groups is 1. The van der Waals surface area contributed by atoms with E-state index in [1.54, 1.807) is 4.90 Å². The molecule has 122 valence electrons. The average Bonchev–Trinajstić information content (AvgIpc) is 3.16. The van der Waals surface area contributed by atoms with Crippen LogP contribution in [0.2, 0.25) is 0 Å². The molecule has 1 aromatic heterocycles. The lowest BCUT2D eigenvalue weighted by Crippen LogP contribution is -2.22. The first kappa shape index (κ1) is 16.0. The number of halogens is 4. The minimum absolute atomic E-state index is 0.0971. The van der Waals surface area contributed by atoms with Crippen molar-refractivity contribution < 1.29 is 22.4 Å². The maximum Gasteiger partial charge on any atom is 0.425 e. The molecule has 0 aliphatic carbocycles. The zero-order valence-electron chi connectivity index (χ0n) is 11.9. The normalized spacial score (nSPS) is 18.4. The summed E-state index contributed by atoms with van der Waals surface area (Å²) in [5, 5.41) is 0.520. The molecule has 0 radical (unpaired) electrons. The molecule has 7 heteroatoms. The summed E-state index contributed by atoms with van der Waals surface area (Å²) in [6, 6.07) is 7.84. The smallest absolute Gasteiger partial charge is 0.363 e. The van der Waals surface area contributed by atoms with Gasteiger partial charge in [-0.15, -0.1) is 11.3 Å². The summed E-state index contributed by atoms with van der Waals surface area (Å²) in [7, 11) is 0. The Kier molecular flexibility index (Phi) is 4.14. The summed E-state index contributed by atoms with van der Waals surface area (Å²) in [4.78, 5) is 13.5. The van der Waals surface area contributed by atoms with Gasteiger partial charge < -0.3 is 4.90 Å². The Morgan fingerprint density at radius 1 is 1.13 bits per heavy atom. The Bertz CT molecular complexity index is 708. The minimum Gasteiger partial charge on any atom is -0.363 e. The van der Waals surface area contributed by atoms with Crippen LogP contribution in [0.3, 0.4) is 0 Å². The first-order chi connectivity index (χ1) is 10.8. The molecule has 23 heavy (non-hydrogen) atoms. The van der Waals surface area contributed by atoms with Crippen molar-refractivity contribution in [1.82, 2.24) is 0 Å². The number of thiophene rings is 1. The topological polar surface area (TPSA) is 20.3 Å². The highest BCUT2D eigenvalue weighted by Gasteiger charge is 2.35. The zero-order valence-corrected chi connectivity index (χ0v) is 12.8. The largest absolute Gasteiger partial charge is 0.425 e. The van der Waals surface area contributed by atoms with E-state index in [1.807, 2.05) is 0 Å². The van der Waals surface area contributed by atoms with Crippen LogP contribution in [0.25, 0.3) is 0 Å². The second-order valence-corrected chi connectivity index (χ2v) is 6.50. The van der Waals surface area contributed by atoms with Crippen molar-refractivity contribution in [2.45, 2.75) is 12.6 Å². The van der Waals surface area contributed by atoms with Gasteiger partial charge >= 0.3 is 6.18 Å². The molecular weight excluding hydrogens is 330 g/mol. The molecule has 3 rings (SSSR count). The van der Waals surface area contributed by atoms with E-state index in [9.17, 15) is 22.4 Å². The third kappa shape index (κ3) is 3.39. The molecule has 1 atom stereocenters. The highest BCUT2D eigenvalue weighted by molar-refractivity contribution is 7.16. The van der Waals surface area contributed by atoms with E-state index in [4.69, 9.17) is 0 Å². The highest BCUT2D eigenvalue weighted by atomic mass is 32.1. The molecule has 0 bridgehead atoms. The minimum atomic E-state index is -4.34. The summed E-state index contributed by atoms with van der Waals surface area (Å²) < 4.78 is 50.9. The lowest BCUT2D eigenvalue weighted by Gasteiger charge is -2.16. The zero-order chi connectivity index (χ0) is 16.6. The highest BCUT2D eigenvalue weighted by Crippen LogP contribution is 2.39. The standard InChI is InChI=1S/C16H13F4NOS/c17-12-3-1-10(2-4-12)15(22)11-7-8-21(9-11)14-6-5-13(23-14)16(18,19)20/h1-6,11H,7-9H2/t11-/m0/s1. The fraction of sp³-hybridized carbons (Fsp3) is 0.312. The predicted molar refractivity (Wildman–Crippen MR) is 80.4 cm³/mol. The molecule has 1 saturated heterocycles. The van der Waals surface area contributed by atoms with Gasteiger partial charge in [0.25, 0.3) is 0 Å². The quantitative estimate of drug-likeness (QED) is 0.599. The molecule has 0 amide bonds. The van der Waals surface area contributed by atoms with Crippen LogP contribution in [-0.2, 0) is 6.18 Å². The molecular formula is C16H13F4NOS. The Balaban J connectivity index is 1.69. The Hall–Kier alpha value is -1.89. The van der Waals surface area contributed by atoms with Gasteiger partial charge in [0, 0.05) is 24.6 Å². The Morgan fingerprint density at radius 3 is 2.43 bits per heavy atom. The van der Waals surface area contributed by atoms with Gasteiger partial charge in [0.2, 0.25) is 0 Å². The molecule has 2 heterocycles. The van der Waals surface area contributed by atoms with E-state index in [1.165, 1.54) is 30.3 Å². The lowest BCUT2D eigenvalue weighted by atomic mass is 9.97. The summed E-state index contributed by atoms with van der Waals surface area (Å²) in [5.74, 6) is -0.787. The van der Waals surface area contributed by atoms with E-state index in [-0.39, 0.29) is 11.7 Å². The van der Waals surface area contributed by atoms with Crippen LogP contribution in [0.5, 0.6) is 0 Å². The summed E-state index contributed by atoms with van der Waals surface area (Å²) in [5.41, 5.74) is 0.431. The van der Waals surface area contributed by atoms with Crippen molar-refractivity contribution in [2.75, 3.05) is 18.0 Å². The van der Waals surface area contributed by atoms with Crippen molar-refractivity contribution in [3.05, 3.63) is 52.7 Å². The van der Waals surface area contributed by atoms with Crippen LogP contribution in [0.1, 0.15) is 21.7 Å². The fourth-order valence-corrected chi connectivity index (χ4v) is 3.58. The first-order valence-electron chi connectivity index (χ1n) is 7.06. The number of nitrogens with zero attached hydrogens (tertiary/aromatic N) is 1. The molecule has 1 fully saturated rings. The van der Waals surface area contributed by atoms with Crippen LogP contribution in [-0.4, -0.2) is 18.9 Å². The van der Waals surface area contributed by atoms with Crippen LogP contribution in [0.4, 0.5) is 22.6 Å². The SMILES string of the molecule is O=C(c1ccc(F)cc1)[C@H]1CCN(c2ccc(C(F)(F)F)s2)C1. The molecule has 0 saturated carbocycles. The summed E-state index contributed by atoms with van der Waals surface area (Å²) in [6.45, 7) is 0.920. The number of Topliss-reactive ketones (excluding diaryl/α,β-unsaturated/α-hetero) is 1. The lowest BCUT2D eigenvalue weighted by molar-refractivity contribution is -0.134. The Morgan fingerprint density at radius 2 is 1.83 bits per heavy atom. The number of rotatable bonds is 3. The maximum atomic E-state index is 12.9. The molecule has 0 spiro atoms. The van der Waals surface area contributed by atoms with Crippen LogP contribution in [0.15, 0.2) is 36.4 Å². The average molecular weight is 343 g/mol. The van der Waals surface area contributed by atoms with Gasteiger partial charge in [0.05, 0.1) is 5.00 Å². The van der Waals surface area contributed by atoms with Gasteiger partial charge in [0.15, 0.2) is 5.78 Å². The second kappa shape index (κ2) is 5.96. The Labute approximate surface area is 134 Å². The van der Waals surface area contributed by atoms with Gasteiger partial charge in [-0.1, -0.05) is 0 Å². The van der Waals surface area contributed by atoms with E-state index in [0.29, 0.717) is 41.4 Å². The number of anilines is 1. The van der Waals surface area contributed by atoms with Crippen molar-refractivity contribution >= 4 is 22.1 Å². The van der Waals surface area contributed by atoms with Crippen molar-refractivity contribution in [3.63, 3.8) is 0 Å². The molecule has 0 unspecified atom stereocenters. The number of alkyl halides is 3. The van der Waals surface area contributed by atoms with Crippen molar-refractivity contribution in [2.24, 2.45) is 5.92 Å². The van der Waals surface area contributed by atoms with E-state index >= 15 is 0 Å². The molecule has 0 N–H and O–H groups in total. The van der Waals surface area contributed by atoms with Gasteiger partial charge in [-0.05, 0) is 42.8 Å². The second-order valence-electron chi connectivity index (χ2n) is 5.44. The number of hydrogen-bond donors (Lipinski definition) is 0. The number of benzene rings is 1. The fourth-order valence-electron chi connectivity index (χ4n) is 2.67. The van der Waals surface area contributed by atoms with E-state index in [0.717, 1.165) is 6.07 Å². The van der Waals surface area contributed by atoms with E-state index < -0.39 is 16.9 Å². The molecule has 2 nitrogen and oxygen atoms in total. The molecule has 1 aliphatic heterocycles. The maximum absolute atomic E-state index is 12.9. The van der Waals surface area contributed by atoms with Gasteiger partial charge in [-0.25, -0.2) is 4.39 Å². The third-order valence-corrected chi connectivity index (χ3v) is 5.06. The predicted octanol–water partition coefficient (Wildman–Crippen LogP) is 4.62. The molecule has 1 aliphatic rings. The number of carbonyl (C=O) groups excluding carboxylic acids is 1. The van der Waals surface area contributed by atoms with Crippen LogP contribution in [0, 0.1) is 11.7 Å².